The average Bonchev–Trinajstić information content (AvgIpc) is 2.28. The fourth-order valence-electron chi connectivity index (χ4n) is 1.66. The van der Waals surface area contributed by atoms with Crippen LogP contribution in [0.2, 0.25) is 0 Å². The summed E-state index contributed by atoms with van der Waals surface area (Å²) in [7, 11) is -3.29. The second kappa shape index (κ2) is 6.51. The van der Waals surface area contributed by atoms with Gasteiger partial charge in [-0.1, -0.05) is 6.92 Å². The van der Waals surface area contributed by atoms with Crippen LogP contribution in [0, 0.1) is 0 Å². The third-order valence-electron chi connectivity index (χ3n) is 2.62. The van der Waals surface area contributed by atoms with Crippen LogP contribution in [0.5, 0.6) is 0 Å². The summed E-state index contributed by atoms with van der Waals surface area (Å²) in [6.07, 6.45) is 0.795. The standard InChI is InChI=1S/C9H21N3O3S/c1-2-3-10-16(14,15)12-6-4-11(5-7-12)8-9-13/h10,13H,2-9H2,1H3. The van der Waals surface area contributed by atoms with E-state index in [1.165, 1.54) is 4.31 Å². The highest BCUT2D eigenvalue weighted by Gasteiger charge is 2.25. The predicted molar refractivity (Wildman–Crippen MR) is 62.3 cm³/mol. The molecule has 1 rings (SSSR count). The van der Waals surface area contributed by atoms with E-state index in [-0.39, 0.29) is 6.61 Å². The molecule has 2 N–H and O–H groups in total. The molecule has 1 saturated heterocycles. The molecule has 0 spiro atoms. The molecule has 0 unspecified atom stereocenters. The fraction of sp³-hybridized carbons (Fsp3) is 1.00. The van der Waals surface area contributed by atoms with E-state index in [2.05, 4.69) is 9.62 Å². The molecule has 1 heterocycles. The molecule has 0 aromatic heterocycles. The number of rotatable bonds is 6. The average molecular weight is 251 g/mol. The summed E-state index contributed by atoms with van der Waals surface area (Å²) in [5.74, 6) is 0. The van der Waals surface area contributed by atoms with E-state index < -0.39 is 10.2 Å². The smallest absolute Gasteiger partial charge is 0.279 e. The number of nitrogens with one attached hydrogen (secondary N) is 1. The van der Waals surface area contributed by atoms with Crippen molar-refractivity contribution in [2.75, 3.05) is 45.9 Å². The minimum Gasteiger partial charge on any atom is -0.395 e. The van der Waals surface area contributed by atoms with Gasteiger partial charge in [-0.2, -0.15) is 12.7 Å². The van der Waals surface area contributed by atoms with Gasteiger partial charge in [-0.05, 0) is 6.42 Å². The van der Waals surface area contributed by atoms with Gasteiger partial charge in [0.25, 0.3) is 10.2 Å². The molecule has 0 bridgehead atoms. The summed E-state index contributed by atoms with van der Waals surface area (Å²) >= 11 is 0. The van der Waals surface area contributed by atoms with Gasteiger partial charge in [0, 0.05) is 39.3 Å². The first-order valence-corrected chi connectivity index (χ1v) is 7.12. The first-order chi connectivity index (χ1) is 7.60. The van der Waals surface area contributed by atoms with Crippen molar-refractivity contribution in [3.8, 4) is 0 Å². The van der Waals surface area contributed by atoms with Crippen molar-refractivity contribution < 1.29 is 13.5 Å². The van der Waals surface area contributed by atoms with Gasteiger partial charge in [0.1, 0.15) is 0 Å². The van der Waals surface area contributed by atoms with Gasteiger partial charge in [0.15, 0.2) is 0 Å². The van der Waals surface area contributed by atoms with Gasteiger partial charge in [-0.25, -0.2) is 4.72 Å². The summed E-state index contributed by atoms with van der Waals surface area (Å²) in [4.78, 5) is 2.06. The Kier molecular flexibility index (Phi) is 5.63. The van der Waals surface area contributed by atoms with Crippen LogP contribution in [0.3, 0.4) is 0 Å². The summed E-state index contributed by atoms with van der Waals surface area (Å²) in [5, 5.41) is 8.77. The van der Waals surface area contributed by atoms with Crippen LogP contribution in [-0.2, 0) is 10.2 Å². The number of hydrogen-bond donors (Lipinski definition) is 2. The maximum absolute atomic E-state index is 11.8. The van der Waals surface area contributed by atoms with E-state index >= 15 is 0 Å². The van der Waals surface area contributed by atoms with Gasteiger partial charge < -0.3 is 5.11 Å². The lowest BCUT2D eigenvalue weighted by Gasteiger charge is -2.33. The van der Waals surface area contributed by atoms with Crippen LogP contribution in [0.15, 0.2) is 0 Å². The molecule has 7 heteroatoms. The molecule has 0 aliphatic carbocycles. The van der Waals surface area contributed by atoms with Gasteiger partial charge in [0.05, 0.1) is 6.61 Å². The molecule has 1 aliphatic rings. The van der Waals surface area contributed by atoms with Crippen LogP contribution in [0.4, 0.5) is 0 Å². The third kappa shape index (κ3) is 3.99. The van der Waals surface area contributed by atoms with Crippen molar-refractivity contribution in [2.24, 2.45) is 0 Å². The zero-order valence-corrected chi connectivity index (χ0v) is 10.5. The minimum absolute atomic E-state index is 0.126. The molecule has 16 heavy (non-hydrogen) atoms. The van der Waals surface area contributed by atoms with Crippen molar-refractivity contribution in [2.45, 2.75) is 13.3 Å². The second-order valence-electron chi connectivity index (χ2n) is 3.86. The van der Waals surface area contributed by atoms with E-state index in [0.29, 0.717) is 39.3 Å². The molecule has 0 amide bonds. The van der Waals surface area contributed by atoms with Gasteiger partial charge in [-0.3, -0.25) is 4.90 Å². The first kappa shape index (κ1) is 13.9. The molecular weight excluding hydrogens is 230 g/mol. The highest BCUT2D eigenvalue weighted by atomic mass is 32.2. The van der Waals surface area contributed by atoms with Crippen LogP contribution < -0.4 is 4.72 Å². The van der Waals surface area contributed by atoms with Crippen molar-refractivity contribution in [1.29, 1.82) is 0 Å². The Bertz CT molecular complexity index is 286. The second-order valence-corrected chi connectivity index (χ2v) is 5.62. The summed E-state index contributed by atoms with van der Waals surface area (Å²) in [6.45, 7) is 5.54. The Morgan fingerprint density at radius 2 is 1.88 bits per heavy atom. The van der Waals surface area contributed by atoms with Gasteiger partial charge in [0.2, 0.25) is 0 Å². The number of piperazine rings is 1. The molecule has 0 aromatic carbocycles. The normalized spacial score (nSPS) is 20.1. The Hall–Kier alpha value is -0.210. The first-order valence-electron chi connectivity index (χ1n) is 5.68. The van der Waals surface area contributed by atoms with Crippen LogP contribution in [-0.4, -0.2) is 68.6 Å². The highest BCUT2D eigenvalue weighted by molar-refractivity contribution is 7.87. The zero-order valence-electron chi connectivity index (χ0n) is 9.72. The Balaban J connectivity index is 2.40. The van der Waals surface area contributed by atoms with E-state index in [1.54, 1.807) is 0 Å². The number of β-amino-alcohol motifs (C(OH)–C–C–N with tert-alkyl or cyclic N) is 1. The lowest BCUT2D eigenvalue weighted by Crippen LogP contribution is -2.52. The molecule has 0 atom stereocenters. The molecule has 0 radical (unpaired) electrons. The van der Waals surface area contributed by atoms with Crippen LogP contribution >= 0.6 is 0 Å². The van der Waals surface area contributed by atoms with Crippen molar-refractivity contribution in [3.63, 3.8) is 0 Å². The monoisotopic (exact) mass is 251 g/mol. The SMILES string of the molecule is CCCNS(=O)(=O)N1CCN(CCO)CC1. The molecule has 0 aromatic rings. The maximum Gasteiger partial charge on any atom is 0.279 e. The number of nitrogens with zero attached hydrogens (tertiary/aromatic N) is 2. The number of hydrogen-bond acceptors (Lipinski definition) is 4. The third-order valence-corrected chi connectivity index (χ3v) is 4.24. The molecular formula is C9H21N3O3S. The molecule has 6 nitrogen and oxygen atoms in total. The van der Waals surface area contributed by atoms with E-state index in [4.69, 9.17) is 5.11 Å². The van der Waals surface area contributed by atoms with Crippen LogP contribution in [0.25, 0.3) is 0 Å². The molecule has 96 valence electrons. The topological polar surface area (TPSA) is 72.9 Å². The Morgan fingerprint density at radius 3 is 2.38 bits per heavy atom. The zero-order chi connectivity index (χ0) is 12.0. The highest BCUT2D eigenvalue weighted by Crippen LogP contribution is 2.05. The Labute approximate surface area is 97.4 Å². The Morgan fingerprint density at radius 1 is 1.25 bits per heavy atom. The molecule has 1 aliphatic heterocycles. The molecule has 0 saturated carbocycles. The van der Waals surface area contributed by atoms with Gasteiger partial charge >= 0.3 is 0 Å². The van der Waals surface area contributed by atoms with Crippen molar-refractivity contribution in [1.82, 2.24) is 13.9 Å². The maximum atomic E-state index is 11.8. The van der Waals surface area contributed by atoms with Gasteiger partial charge in [-0.15, -0.1) is 0 Å². The van der Waals surface area contributed by atoms with E-state index in [9.17, 15) is 8.42 Å². The number of aliphatic hydroxyl groups is 1. The van der Waals surface area contributed by atoms with E-state index in [1.807, 2.05) is 6.92 Å². The lowest BCUT2D eigenvalue weighted by atomic mass is 10.4. The molecule has 1 fully saturated rings. The minimum atomic E-state index is -3.29. The van der Waals surface area contributed by atoms with Crippen molar-refractivity contribution >= 4 is 10.2 Å². The quantitative estimate of drug-likeness (QED) is 0.624. The lowest BCUT2D eigenvalue weighted by molar-refractivity contribution is 0.151. The fourth-order valence-corrected chi connectivity index (χ4v) is 2.95. The summed E-state index contributed by atoms with van der Waals surface area (Å²) in [6, 6.07) is 0. The predicted octanol–water partition coefficient (Wildman–Crippen LogP) is -1.16. The largest absolute Gasteiger partial charge is 0.395 e. The summed E-state index contributed by atoms with van der Waals surface area (Å²) in [5.41, 5.74) is 0. The van der Waals surface area contributed by atoms with Crippen molar-refractivity contribution in [3.05, 3.63) is 0 Å². The van der Waals surface area contributed by atoms with Crippen LogP contribution in [0.1, 0.15) is 13.3 Å². The van der Waals surface area contributed by atoms with E-state index in [0.717, 1.165) is 6.42 Å². The number of aliphatic hydroxyl groups excluding tert-OH is 1. The summed E-state index contributed by atoms with van der Waals surface area (Å²) < 4.78 is 27.5.